The fourth-order valence-corrected chi connectivity index (χ4v) is 3.13. The van der Waals surface area contributed by atoms with E-state index in [4.69, 9.17) is 0 Å². The lowest BCUT2D eigenvalue weighted by Crippen LogP contribution is -2.21. The highest BCUT2D eigenvalue weighted by Gasteiger charge is 2.29. The molecule has 5 nitrogen and oxygen atoms in total. The molecule has 0 amide bonds. The van der Waals surface area contributed by atoms with Gasteiger partial charge in [0.2, 0.25) is 11.6 Å². The van der Waals surface area contributed by atoms with Crippen LogP contribution in [-0.4, -0.2) is 33.3 Å². The molecule has 0 atom stereocenters. The minimum Gasteiger partial charge on any atom is -0.369 e. The van der Waals surface area contributed by atoms with Gasteiger partial charge < -0.3 is 4.90 Å². The van der Waals surface area contributed by atoms with Gasteiger partial charge in [0, 0.05) is 25.2 Å². The number of aromatic nitrogens is 4. The van der Waals surface area contributed by atoms with Crippen molar-refractivity contribution in [3.05, 3.63) is 41.9 Å². The van der Waals surface area contributed by atoms with E-state index in [-0.39, 0.29) is 22.4 Å². The van der Waals surface area contributed by atoms with Gasteiger partial charge in [-0.25, -0.2) is 18.2 Å². The van der Waals surface area contributed by atoms with E-state index in [2.05, 4.69) is 20.2 Å². The van der Waals surface area contributed by atoms with Gasteiger partial charge in [0.25, 0.3) is 0 Å². The third-order valence-electron chi connectivity index (χ3n) is 4.15. The van der Waals surface area contributed by atoms with E-state index in [1.54, 1.807) is 4.90 Å². The molecule has 128 valence electrons. The van der Waals surface area contributed by atoms with E-state index >= 15 is 0 Å². The van der Waals surface area contributed by atoms with Gasteiger partial charge in [-0.3, -0.25) is 0 Å². The summed E-state index contributed by atoms with van der Waals surface area (Å²) in [5, 5.41) is 7.29. The molecule has 0 unspecified atom stereocenters. The molecule has 0 spiro atoms. The number of fused-ring (bicyclic) bond motifs is 1. The number of halogens is 4. The largest absolute Gasteiger partial charge is 0.369 e. The SMILES string of the molecule is Fc1cc(F)c(-c2c(F)nc3nncnc3c2N2CCCC2)c(F)c1. The molecule has 0 radical (unpaired) electrons. The predicted octanol–water partition coefficient (Wildman–Crippen LogP) is 3.24. The van der Waals surface area contributed by atoms with E-state index < -0.39 is 29.0 Å². The lowest BCUT2D eigenvalue weighted by atomic mass is 10.0. The molecule has 1 fully saturated rings. The first kappa shape index (κ1) is 15.7. The summed E-state index contributed by atoms with van der Waals surface area (Å²) in [6.07, 6.45) is 2.85. The molecule has 1 aliphatic heterocycles. The first-order chi connectivity index (χ1) is 12.1. The van der Waals surface area contributed by atoms with Crippen LogP contribution in [0.4, 0.5) is 23.2 Å². The van der Waals surface area contributed by atoms with Crippen molar-refractivity contribution in [1.82, 2.24) is 20.2 Å². The van der Waals surface area contributed by atoms with E-state index in [9.17, 15) is 17.6 Å². The Balaban J connectivity index is 2.10. The average molecular weight is 349 g/mol. The molecule has 1 saturated heterocycles. The Hall–Kier alpha value is -2.84. The smallest absolute Gasteiger partial charge is 0.225 e. The Morgan fingerprint density at radius 2 is 1.60 bits per heavy atom. The van der Waals surface area contributed by atoms with Crippen molar-refractivity contribution in [3.63, 3.8) is 0 Å². The van der Waals surface area contributed by atoms with Crippen LogP contribution in [0.15, 0.2) is 18.5 Å². The number of pyridine rings is 1. The molecule has 0 N–H and O–H groups in total. The van der Waals surface area contributed by atoms with Crippen LogP contribution in [0.2, 0.25) is 0 Å². The summed E-state index contributed by atoms with van der Waals surface area (Å²) in [5.41, 5.74) is -0.733. The molecule has 0 saturated carbocycles. The van der Waals surface area contributed by atoms with Crippen LogP contribution in [0.3, 0.4) is 0 Å². The van der Waals surface area contributed by atoms with Crippen molar-refractivity contribution < 1.29 is 17.6 Å². The van der Waals surface area contributed by atoms with Gasteiger partial charge in [0.05, 0.1) is 16.8 Å². The normalized spacial score (nSPS) is 14.5. The molecule has 3 heterocycles. The third-order valence-corrected chi connectivity index (χ3v) is 4.15. The zero-order chi connectivity index (χ0) is 17.6. The highest BCUT2D eigenvalue weighted by Crippen LogP contribution is 2.40. The maximum Gasteiger partial charge on any atom is 0.225 e. The fraction of sp³-hybridized carbons (Fsp3) is 0.250. The third kappa shape index (κ3) is 2.55. The lowest BCUT2D eigenvalue weighted by molar-refractivity contribution is 0.542. The Morgan fingerprint density at radius 3 is 2.28 bits per heavy atom. The zero-order valence-corrected chi connectivity index (χ0v) is 12.8. The molecule has 4 rings (SSSR count). The van der Waals surface area contributed by atoms with Crippen molar-refractivity contribution in [2.24, 2.45) is 0 Å². The average Bonchev–Trinajstić information content (AvgIpc) is 3.08. The maximum absolute atomic E-state index is 14.7. The Morgan fingerprint density at radius 1 is 0.920 bits per heavy atom. The van der Waals surface area contributed by atoms with E-state index in [1.807, 2.05) is 0 Å². The minimum absolute atomic E-state index is 0.0615. The number of hydrogen-bond acceptors (Lipinski definition) is 5. The molecule has 2 aromatic heterocycles. The Kier molecular flexibility index (Phi) is 3.70. The summed E-state index contributed by atoms with van der Waals surface area (Å²) in [4.78, 5) is 9.48. The number of rotatable bonds is 2. The molecule has 3 aromatic rings. The number of benzene rings is 1. The summed E-state index contributed by atoms with van der Waals surface area (Å²) in [6, 6.07) is 1.02. The van der Waals surface area contributed by atoms with Crippen molar-refractivity contribution in [2.75, 3.05) is 18.0 Å². The molecule has 0 aliphatic carbocycles. The van der Waals surface area contributed by atoms with Gasteiger partial charge in [-0.05, 0) is 12.8 Å². The van der Waals surface area contributed by atoms with E-state index in [0.717, 1.165) is 19.2 Å². The fourth-order valence-electron chi connectivity index (χ4n) is 3.13. The second-order valence-corrected chi connectivity index (χ2v) is 5.70. The van der Waals surface area contributed by atoms with Crippen LogP contribution in [0.25, 0.3) is 22.3 Å². The zero-order valence-electron chi connectivity index (χ0n) is 12.8. The van der Waals surface area contributed by atoms with Crippen LogP contribution in [-0.2, 0) is 0 Å². The van der Waals surface area contributed by atoms with Crippen molar-refractivity contribution >= 4 is 16.9 Å². The first-order valence-electron chi connectivity index (χ1n) is 7.63. The molecule has 1 aromatic carbocycles. The lowest BCUT2D eigenvalue weighted by Gasteiger charge is -2.23. The predicted molar refractivity (Wildman–Crippen MR) is 81.8 cm³/mol. The van der Waals surface area contributed by atoms with Crippen LogP contribution in [0.1, 0.15) is 12.8 Å². The van der Waals surface area contributed by atoms with Crippen LogP contribution in [0.5, 0.6) is 0 Å². The quantitative estimate of drug-likeness (QED) is 0.525. The summed E-state index contributed by atoms with van der Waals surface area (Å²) < 4.78 is 56.6. The number of nitrogens with zero attached hydrogens (tertiary/aromatic N) is 5. The molecule has 9 heteroatoms. The van der Waals surface area contributed by atoms with Crippen LogP contribution >= 0.6 is 0 Å². The van der Waals surface area contributed by atoms with Gasteiger partial charge in [0.1, 0.15) is 29.3 Å². The van der Waals surface area contributed by atoms with Crippen LogP contribution in [0, 0.1) is 23.4 Å². The van der Waals surface area contributed by atoms with Gasteiger partial charge in [-0.2, -0.15) is 9.37 Å². The highest BCUT2D eigenvalue weighted by atomic mass is 19.1. The van der Waals surface area contributed by atoms with Crippen molar-refractivity contribution in [3.8, 4) is 11.1 Å². The van der Waals surface area contributed by atoms with Gasteiger partial charge in [0.15, 0.2) is 0 Å². The van der Waals surface area contributed by atoms with E-state index in [0.29, 0.717) is 25.2 Å². The molecular formula is C16H11F4N5. The topological polar surface area (TPSA) is 54.8 Å². The van der Waals surface area contributed by atoms with E-state index in [1.165, 1.54) is 0 Å². The molecule has 0 bridgehead atoms. The molecule has 1 aliphatic rings. The number of hydrogen-bond donors (Lipinski definition) is 0. The Labute approximate surface area is 139 Å². The van der Waals surface area contributed by atoms with Gasteiger partial charge in [-0.15, -0.1) is 10.2 Å². The molecular weight excluding hydrogens is 338 g/mol. The summed E-state index contributed by atoms with van der Waals surface area (Å²) >= 11 is 0. The van der Waals surface area contributed by atoms with Gasteiger partial charge >= 0.3 is 0 Å². The Bertz CT molecular complexity index is 949. The molecule has 25 heavy (non-hydrogen) atoms. The summed E-state index contributed by atoms with van der Waals surface area (Å²) in [7, 11) is 0. The standard InChI is InChI=1S/C16H11F4N5/c17-8-5-9(18)11(10(19)6-8)12-14(25-3-1-2-4-25)13-16(23-15(12)20)24-22-7-21-13/h5-7H,1-4H2. The number of anilines is 1. The second-order valence-electron chi connectivity index (χ2n) is 5.70. The summed E-state index contributed by atoms with van der Waals surface area (Å²) in [5.74, 6) is -4.61. The monoisotopic (exact) mass is 349 g/mol. The van der Waals surface area contributed by atoms with Crippen molar-refractivity contribution in [2.45, 2.75) is 12.8 Å². The van der Waals surface area contributed by atoms with Crippen LogP contribution < -0.4 is 4.90 Å². The minimum atomic E-state index is -1.21. The summed E-state index contributed by atoms with van der Waals surface area (Å²) in [6.45, 7) is 1.14. The van der Waals surface area contributed by atoms with Crippen molar-refractivity contribution in [1.29, 1.82) is 0 Å². The van der Waals surface area contributed by atoms with Gasteiger partial charge in [-0.1, -0.05) is 0 Å². The highest BCUT2D eigenvalue weighted by molar-refractivity contribution is 5.96. The first-order valence-corrected chi connectivity index (χ1v) is 7.63. The second kappa shape index (κ2) is 5.91. The maximum atomic E-state index is 14.7.